The average molecular weight is 361 g/mol. The molecule has 0 bridgehead atoms. The zero-order valence-electron chi connectivity index (χ0n) is 15.6. The fourth-order valence-corrected chi connectivity index (χ4v) is 1.79. The van der Waals surface area contributed by atoms with E-state index >= 15 is 0 Å². The van der Waals surface area contributed by atoms with Crippen LogP contribution in [0.4, 0.5) is 4.79 Å². The molecule has 9 nitrogen and oxygen atoms in total. The Bertz CT molecular complexity index is 477. The molecule has 0 spiro atoms. The van der Waals surface area contributed by atoms with Gasteiger partial charge in [-0.15, -0.1) is 0 Å². The van der Waals surface area contributed by atoms with Gasteiger partial charge in [0.05, 0.1) is 26.2 Å². The van der Waals surface area contributed by atoms with Gasteiger partial charge in [0.25, 0.3) is 0 Å². The quantitative estimate of drug-likeness (QED) is 0.391. The molecule has 0 aromatic carbocycles. The number of amides is 1. The van der Waals surface area contributed by atoms with E-state index in [1.165, 1.54) is 13.8 Å². The van der Waals surface area contributed by atoms with Crippen LogP contribution in [0.3, 0.4) is 0 Å². The topological polar surface area (TPSA) is 117 Å². The van der Waals surface area contributed by atoms with Crippen molar-refractivity contribution in [3.05, 3.63) is 0 Å². The van der Waals surface area contributed by atoms with Crippen LogP contribution >= 0.6 is 0 Å². The molecular formula is C16H27NO8. The van der Waals surface area contributed by atoms with Crippen molar-refractivity contribution in [3.8, 4) is 0 Å². The largest absolute Gasteiger partial charge is 0.466 e. The van der Waals surface area contributed by atoms with Gasteiger partial charge in [-0.05, 0) is 41.5 Å². The Morgan fingerprint density at radius 2 is 1.24 bits per heavy atom. The SMILES string of the molecule is CCOC(=O)CC(NC(=O)OC(C)(C)C)(C(=O)OCC)C(=O)OCC. The summed E-state index contributed by atoms with van der Waals surface area (Å²) < 4.78 is 19.6. The van der Waals surface area contributed by atoms with E-state index in [1.807, 2.05) is 0 Å². The Labute approximate surface area is 147 Å². The smallest absolute Gasteiger partial charge is 0.409 e. The molecule has 0 aliphatic heterocycles. The van der Waals surface area contributed by atoms with Crippen LogP contribution in [-0.4, -0.2) is 55.0 Å². The predicted octanol–water partition coefficient (Wildman–Crippen LogP) is 1.33. The molecule has 0 radical (unpaired) electrons. The van der Waals surface area contributed by atoms with Crippen LogP contribution < -0.4 is 5.32 Å². The first-order chi connectivity index (χ1) is 11.5. The molecule has 144 valence electrons. The third kappa shape index (κ3) is 7.40. The van der Waals surface area contributed by atoms with Crippen molar-refractivity contribution in [1.82, 2.24) is 5.32 Å². The van der Waals surface area contributed by atoms with Crippen molar-refractivity contribution in [3.63, 3.8) is 0 Å². The summed E-state index contributed by atoms with van der Waals surface area (Å²) >= 11 is 0. The zero-order chi connectivity index (χ0) is 19.7. The number of rotatable bonds is 8. The maximum absolute atomic E-state index is 12.4. The third-order valence-corrected chi connectivity index (χ3v) is 2.68. The number of carbonyl (C=O) groups is 4. The number of hydrogen-bond acceptors (Lipinski definition) is 8. The van der Waals surface area contributed by atoms with E-state index in [4.69, 9.17) is 18.9 Å². The Kier molecular flexibility index (Phi) is 8.94. The highest BCUT2D eigenvalue weighted by Gasteiger charge is 2.53. The lowest BCUT2D eigenvalue weighted by Gasteiger charge is -2.30. The minimum absolute atomic E-state index is 0.0347. The Morgan fingerprint density at radius 3 is 1.60 bits per heavy atom. The minimum atomic E-state index is -2.39. The van der Waals surface area contributed by atoms with E-state index < -0.39 is 41.6 Å². The van der Waals surface area contributed by atoms with Crippen LogP contribution in [0.25, 0.3) is 0 Å². The van der Waals surface area contributed by atoms with Crippen molar-refractivity contribution in [2.45, 2.75) is 59.1 Å². The summed E-state index contributed by atoms with van der Waals surface area (Å²) in [5.41, 5.74) is -3.27. The van der Waals surface area contributed by atoms with Crippen LogP contribution in [0.15, 0.2) is 0 Å². The van der Waals surface area contributed by atoms with Crippen LogP contribution in [0.5, 0.6) is 0 Å². The first kappa shape index (κ1) is 22.7. The first-order valence-corrected chi connectivity index (χ1v) is 8.03. The maximum atomic E-state index is 12.4. The van der Waals surface area contributed by atoms with E-state index in [9.17, 15) is 19.2 Å². The molecule has 0 rings (SSSR count). The summed E-state index contributed by atoms with van der Waals surface area (Å²) in [6, 6.07) is 0. The second kappa shape index (κ2) is 9.85. The molecule has 0 heterocycles. The van der Waals surface area contributed by atoms with E-state index in [0.717, 1.165) is 0 Å². The first-order valence-electron chi connectivity index (χ1n) is 8.03. The lowest BCUT2D eigenvalue weighted by molar-refractivity contribution is -0.170. The van der Waals surface area contributed by atoms with E-state index in [-0.39, 0.29) is 19.8 Å². The molecule has 0 fully saturated rings. The summed E-state index contributed by atoms with van der Waals surface area (Å²) in [6.07, 6.45) is -1.85. The lowest BCUT2D eigenvalue weighted by atomic mass is 9.95. The van der Waals surface area contributed by atoms with Crippen molar-refractivity contribution < 1.29 is 38.1 Å². The summed E-state index contributed by atoms with van der Waals surface area (Å²) in [6.45, 7) is 9.31. The number of nitrogens with one attached hydrogen (secondary N) is 1. The van der Waals surface area contributed by atoms with Crippen molar-refractivity contribution in [1.29, 1.82) is 0 Å². The van der Waals surface area contributed by atoms with Crippen molar-refractivity contribution in [2.24, 2.45) is 0 Å². The monoisotopic (exact) mass is 361 g/mol. The predicted molar refractivity (Wildman–Crippen MR) is 86.6 cm³/mol. The van der Waals surface area contributed by atoms with Crippen LogP contribution in [-0.2, 0) is 33.3 Å². The summed E-state index contributed by atoms with van der Waals surface area (Å²) in [5.74, 6) is -3.14. The molecule has 0 aromatic heterocycles. The molecule has 0 saturated carbocycles. The number of esters is 3. The van der Waals surface area contributed by atoms with Gasteiger partial charge in [-0.25, -0.2) is 14.4 Å². The van der Waals surface area contributed by atoms with Gasteiger partial charge in [0.2, 0.25) is 5.54 Å². The van der Waals surface area contributed by atoms with Gasteiger partial charge in [-0.1, -0.05) is 0 Å². The molecule has 0 aliphatic carbocycles. The summed E-state index contributed by atoms with van der Waals surface area (Å²) in [7, 11) is 0. The number of hydrogen-bond donors (Lipinski definition) is 1. The van der Waals surface area contributed by atoms with Gasteiger partial charge < -0.3 is 18.9 Å². The van der Waals surface area contributed by atoms with Gasteiger partial charge in [-0.3, -0.25) is 10.1 Å². The van der Waals surface area contributed by atoms with E-state index in [2.05, 4.69) is 5.32 Å². The van der Waals surface area contributed by atoms with Crippen molar-refractivity contribution in [2.75, 3.05) is 19.8 Å². The molecule has 0 saturated heterocycles. The third-order valence-electron chi connectivity index (χ3n) is 2.68. The highest BCUT2D eigenvalue weighted by Crippen LogP contribution is 2.19. The standard InChI is InChI=1S/C16H27NO8/c1-7-22-11(18)10-16(12(19)23-8-2,13(20)24-9-3)17-14(21)25-15(4,5)6/h7-10H2,1-6H3,(H,17,21). The summed E-state index contributed by atoms with van der Waals surface area (Å²) in [5, 5.41) is 2.13. The highest BCUT2D eigenvalue weighted by molar-refractivity contribution is 6.09. The Morgan fingerprint density at radius 1 is 0.800 bits per heavy atom. The number of ether oxygens (including phenoxy) is 4. The van der Waals surface area contributed by atoms with Crippen molar-refractivity contribution >= 4 is 24.0 Å². The average Bonchev–Trinajstić information content (AvgIpc) is 2.45. The number of carbonyl (C=O) groups excluding carboxylic acids is 4. The van der Waals surface area contributed by atoms with Crippen LogP contribution in [0, 0.1) is 0 Å². The minimum Gasteiger partial charge on any atom is -0.466 e. The number of alkyl carbamates (subject to hydrolysis) is 1. The fourth-order valence-electron chi connectivity index (χ4n) is 1.79. The van der Waals surface area contributed by atoms with Crippen LogP contribution in [0.1, 0.15) is 48.0 Å². The van der Waals surface area contributed by atoms with E-state index in [1.54, 1.807) is 27.7 Å². The normalized spacial score (nSPS) is 11.3. The van der Waals surface area contributed by atoms with Gasteiger partial charge in [0.1, 0.15) is 5.60 Å². The molecule has 0 aromatic rings. The maximum Gasteiger partial charge on any atom is 0.409 e. The van der Waals surface area contributed by atoms with Gasteiger partial charge in [-0.2, -0.15) is 0 Å². The van der Waals surface area contributed by atoms with Crippen LogP contribution in [0.2, 0.25) is 0 Å². The molecule has 0 aliphatic rings. The molecule has 1 amide bonds. The Hall–Kier alpha value is -2.32. The summed E-state index contributed by atoms with van der Waals surface area (Å²) in [4.78, 5) is 48.9. The highest BCUT2D eigenvalue weighted by atomic mass is 16.6. The molecule has 0 unspecified atom stereocenters. The van der Waals surface area contributed by atoms with Gasteiger partial charge in [0, 0.05) is 0 Å². The molecule has 0 atom stereocenters. The Balaban J connectivity index is 5.80. The molecular weight excluding hydrogens is 334 g/mol. The fraction of sp³-hybridized carbons (Fsp3) is 0.750. The molecule has 25 heavy (non-hydrogen) atoms. The molecule has 9 heteroatoms. The second-order valence-corrected chi connectivity index (χ2v) is 5.95. The van der Waals surface area contributed by atoms with E-state index in [0.29, 0.717) is 0 Å². The van der Waals surface area contributed by atoms with Gasteiger partial charge >= 0.3 is 24.0 Å². The second-order valence-electron chi connectivity index (χ2n) is 5.95. The van der Waals surface area contributed by atoms with Gasteiger partial charge in [0.15, 0.2) is 0 Å². The lowest BCUT2D eigenvalue weighted by Crippen LogP contribution is -2.63. The molecule has 1 N–H and O–H groups in total. The zero-order valence-corrected chi connectivity index (χ0v) is 15.6.